The zero-order chi connectivity index (χ0) is 19.3. The summed E-state index contributed by atoms with van der Waals surface area (Å²) in [6.07, 6.45) is 1.23. The van der Waals surface area contributed by atoms with Gasteiger partial charge in [0.2, 0.25) is 0 Å². The number of hydrogen-bond donors (Lipinski definition) is 1. The van der Waals surface area contributed by atoms with Gasteiger partial charge in [-0.3, -0.25) is 14.9 Å². The number of rotatable bonds is 6. The molecule has 0 unspecified atom stereocenters. The van der Waals surface area contributed by atoms with Gasteiger partial charge in [0.1, 0.15) is 5.75 Å². The fraction of sp³-hybridized carbons (Fsp3) is 0.125. The minimum atomic E-state index is -0.543. The number of carbonyl (C=O) groups excluding carboxylic acids is 1. The Balaban J connectivity index is 1.96. The highest BCUT2D eigenvalue weighted by Crippen LogP contribution is 2.32. The van der Waals surface area contributed by atoms with Crippen molar-refractivity contribution in [3.63, 3.8) is 0 Å². The zero-order valence-corrected chi connectivity index (χ0v) is 17.3. The van der Waals surface area contributed by atoms with Gasteiger partial charge in [-0.05, 0) is 46.6 Å². The number of benzene rings is 2. The number of nitro groups is 1. The highest BCUT2D eigenvalue weighted by molar-refractivity contribution is 9.11. The second kappa shape index (κ2) is 9.11. The Kier molecular flexibility index (Phi) is 7.13. The minimum Gasteiger partial charge on any atom is -0.482 e. The largest absolute Gasteiger partial charge is 0.482 e. The van der Waals surface area contributed by atoms with Gasteiger partial charge in [-0.1, -0.05) is 27.5 Å². The van der Waals surface area contributed by atoms with E-state index < -0.39 is 10.8 Å². The van der Waals surface area contributed by atoms with Crippen LogP contribution < -0.4 is 10.2 Å². The van der Waals surface area contributed by atoms with Crippen LogP contribution in [0.25, 0.3) is 0 Å². The fourth-order valence-electron chi connectivity index (χ4n) is 1.96. The smallest absolute Gasteiger partial charge is 0.277 e. The van der Waals surface area contributed by atoms with E-state index in [9.17, 15) is 14.9 Å². The van der Waals surface area contributed by atoms with Gasteiger partial charge in [-0.25, -0.2) is 5.43 Å². The SMILES string of the molecule is Cc1cc(Br)cc(Br)c1OCC(=O)N/N=C/c1cc([N+](=O)[O-])ccc1Cl. The van der Waals surface area contributed by atoms with Crippen LogP contribution in [0.5, 0.6) is 5.75 Å². The van der Waals surface area contributed by atoms with Gasteiger partial charge in [-0.2, -0.15) is 5.10 Å². The highest BCUT2D eigenvalue weighted by atomic mass is 79.9. The lowest BCUT2D eigenvalue weighted by Gasteiger charge is -2.10. The third-order valence-corrected chi connectivity index (χ3v) is 4.52. The van der Waals surface area contributed by atoms with Gasteiger partial charge in [-0.15, -0.1) is 0 Å². The number of hydrazone groups is 1. The molecule has 0 heterocycles. The van der Waals surface area contributed by atoms with E-state index in [0.29, 0.717) is 15.8 Å². The molecule has 2 aromatic rings. The second-order valence-corrected chi connectivity index (χ2v) is 7.26. The number of nitro benzene ring substituents is 1. The van der Waals surface area contributed by atoms with Crippen LogP contribution in [0.1, 0.15) is 11.1 Å². The van der Waals surface area contributed by atoms with Gasteiger partial charge in [0, 0.05) is 27.2 Å². The molecule has 0 spiro atoms. The molecule has 0 radical (unpaired) electrons. The van der Waals surface area contributed by atoms with Gasteiger partial charge >= 0.3 is 0 Å². The number of non-ortho nitro benzene ring substituents is 1. The topological polar surface area (TPSA) is 93.8 Å². The van der Waals surface area contributed by atoms with E-state index in [-0.39, 0.29) is 17.3 Å². The maximum absolute atomic E-state index is 11.8. The van der Waals surface area contributed by atoms with Crippen molar-refractivity contribution in [3.05, 3.63) is 65.5 Å². The van der Waals surface area contributed by atoms with E-state index in [0.717, 1.165) is 10.0 Å². The first-order chi connectivity index (χ1) is 12.3. The number of nitrogens with one attached hydrogen (secondary N) is 1. The van der Waals surface area contributed by atoms with Crippen molar-refractivity contribution in [2.75, 3.05) is 6.61 Å². The molecule has 2 aromatic carbocycles. The molecular weight excluding hydrogens is 493 g/mol. The summed E-state index contributed by atoms with van der Waals surface area (Å²) in [6, 6.07) is 7.60. The molecule has 0 atom stereocenters. The minimum absolute atomic E-state index is 0.124. The monoisotopic (exact) mass is 503 g/mol. The molecular formula is C16H12Br2ClN3O4. The van der Waals surface area contributed by atoms with E-state index in [4.69, 9.17) is 16.3 Å². The maximum Gasteiger partial charge on any atom is 0.277 e. The molecule has 0 fully saturated rings. The van der Waals surface area contributed by atoms with Crippen LogP contribution in [0.15, 0.2) is 44.4 Å². The number of carbonyl (C=O) groups is 1. The summed E-state index contributed by atoms with van der Waals surface area (Å²) < 4.78 is 7.09. The van der Waals surface area contributed by atoms with E-state index >= 15 is 0 Å². The van der Waals surface area contributed by atoms with E-state index in [1.807, 2.05) is 19.1 Å². The summed E-state index contributed by atoms with van der Waals surface area (Å²) in [5.41, 5.74) is 3.32. The number of ether oxygens (including phenoxy) is 1. The lowest BCUT2D eigenvalue weighted by Crippen LogP contribution is -2.24. The summed E-state index contributed by atoms with van der Waals surface area (Å²) in [5, 5.41) is 14.8. The van der Waals surface area contributed by atoms with Crippen LogP contribution in [0.2, 0.25) is 5.02 Å². The van der Waals surface area contributed by atoms with Crippen molar-refractivity contribution in [3.8, 4) is 5.75 Å². The average molecular weight is 506 g/mol. The lowest BCUT2D eigenvalue weighted by molar-refractivity contribution is -0.384. The number of aryl methyl sites for hydroxylation is 1. The van der Waals surface area contributed by atoms with Crippen molar-refractivity contribution in [2.45, 2.75) is 6.92 Å². The predicted octanol–water partition coefficient (Wildman–Crippen LogP) is 4.61. The van der Waals surface area contributed by atoms with Crippen LogP contribution in [0, 0.1) is 17.0 Å². The Morgan fingerprint density at radius 3 is 2.77 bits per heavy atom. The summed E-state index contributed by atoms with van der Waals surface area (Å²) in [7, 11) is 0. The van der Waals surface area contributed by atoms with Crippen molar-refractivity contribution < 1.29 is 14.5 Å². The summed E-state index contributed by atoms with van der Waals surface area (Å²) >= 11 is 12.7. The lowest BCUT2D eigenvalue weighted by atomic mass is 10.2. The quantitative estimate of drug-likeness (QED) is 0.352. The summed E-state index contributed by atoms with van der Waals surface area (Å²) in [5.74, 6) is 0.0612. The molecule has 0 aliphatic heterocycles. The molecule has 0 bridgehead atoms. The van der Waals surface area contributed by atoms with Gasteiger partial charge in [0.15, 0.2) is 6.61 Å². The van der Waals surface area contributed by atoms with Crippen LogP contribution in [0.4, 0.5) is 5.69 Å². The molecule has 1 N–H and O–H groups in total. The van der Waals surface area contributed by atoms with Crippen LogP contribution in [-0.4, -0.2) is 23.7 Å². The first-order valence-electron chi connectivity index (χ1n) is 7.12. The standard InChI is InChI=1S/C16H12Br2ClN3O4/c1-9-4-11(17)6-13(18)16(9)26-8-15(23)21-20-7-10-5-12(22(24)25)2-3-14(10)19/h2-7H,8H2,1H3,(H,21,23)/b20-7+. The van der Waals surface area contributed by atoms with E-state index in [1.165, 1.54) is 24.4 Å². The Morgan fingerprint density at radius 1 is 1.38 bits per heavy atom. The Bertz CT molecular complexity index is 867. The van der Waals surface area contributed by atoms with Gasteiger partial charge in [0.25, 0.3) is 11.6 Å². The van der Waals surface area contributed by atoms with E-state index in [1.54, 1.807) is 0 Å². The molecule has 2 rings (SSSR count). The Morgan fingerprint density at radius 2 is 2.12 bits per heavy atom. The fourth-order valence-corrected chi connectivity index (χ4v) is 3.68. The Labute approximate surface area is 170 Å². The van der Waals surface area contributed by atoms with Crippen LogP contribution in [0.3, 0.4) is 0 Å². The number of amides is 1. The number of nitrogens with zero attached hydrogens (tertiary/aromatic N) is 2. The van der Waals surface area contributed by atoms with Gasteiger partial charge < -0.3 is 4.74 Å². The predicted molar refractivity (Wildman–Crippen MR) is 106 cm³/mol. The third-order valence-electron chi connectivity index (χ3n) is 3.12. The molecule has 10 heteroatoms. The molecule has 7 nitrogen and oxygen atoms in total. The number of halogens is 3. The first-order valence-corrected chi connectivity index (χ1v) is 9.08. The number of hydrogen-bond acceptors (Lipinski definition) is 5. The van der Waals surface area contributed by atoms with Crippen molar-refractivity contribution in [1.29, 1.82) is 0 Å². The van der Waals surface area contributed by atoms with Crippen LogP contribution >= 0.6 is 43.5 Å². The molecule has 0 aromatic heterocycles. The molecule has 26 heavy (non-hydrogen) atoms. The average Bonchev–Trinajstić information content (AvgIpc) is 2.55. The first kappa shape index (κ1) is 20.3. The maximum atomic E-state index is 11.8. The summed E-state index contributed by atoms with van der Waals surface area (Å²) in [4.78, 5) is 22.1. The molecule has 0 saturated heterocycles. The molecule has 0 saturated carbocycles. The molecule has 136 valence electrons. The zero-order valence-electron chi connectivity index (χ0n) is 13.3. The molecule has 0 aliphatic rings. The van der Waals surface area contributed by atoms with Gasteiger partial charge in [0.05, 0.1) is 15.6 Å². The Hall–Kier alpha value is -1.97. The third kappa shape index (κ3) is 5.52. The van der Waals surface area contributed by atoms with Crippen molar-refractivity contribution in [2.24, 2.45) is 5.10 Å². The normalized spacial score (nSPS) is 10.8. The summed E-state index contributed by atoms with van der Waals surface area (Å²) in [6.45, 7) is 1.60. The molecule has 1 amide bonds. The highest BCUT2D eigenvalue weighted by Gasteiger charge is 2.10. The van der Waals surface area contributed by atoms with Crippen molar-refractivity contribution >= 4 is 61.3 Å². The second-order valence-electron chi connectivity index (χ2n) is 5.08. The molecule has 0 aliphatic carbocycles. The van der Waals surface area contributed by atoms with E-state index in [2.05, 4.69) is 42.4 Å². The van der Waals surface area contributed by atoms with Crippen molar-refractivity contribution in [1.82, 2.24) is 5.43 Å². The van der Waals surface area contributed by atoms with Crippen LogP contribution in [-0.2, 0) is 4.79 Å².